The van der Waals surface area contributed by atoms with Crippen molar-refractivity contribution in [3.63, 3.8) is 0 Å². The highest BCUT2D eigenvalue weighted by Gasteiger charge is 2.11. The van der Waals surface area contributed by atoms with Crippen LogP contribution in [0.15, 0.2) is 28.7 Å². The van der Waals surface area contributed by atoms with Crippen LogP contribution < -0.4 is 5.73 Å². The van der Waals surface area contributed by atoms with E-state index in [2.05, 4.69) is 54.0 Å². The molecule has 0 aliphatic rings. The van der Waals surface area contributed by atoms with Gasteiger partial charge in [-0.1, -0.05) is 41.9 Å². The van der Waals surface area contributed by atoms with E-state index in [1.54, 1.807) is 0 Å². The zero-order chi connectivity index (χ0) is 10.6. The number of benzene rings is 1. The predicted molar refractivity (Wildman–Crippen MR) is 65.2 cm³/mol. The van der Waals surface area contributed by atoms with Gasteiger partial charge in [0.1, 0.15) is 0 Å². The maximum absolute atomic E-state index is 5.75. The van der Waals surface area contributed by atoms with Gasteiger partial charge in [0.15, 0.2) is 0 Å². The lowest BCUT2D eigenvalue weighted by atomic mass is 9.89. The fourth-order valence-corrected chi connectivity index (χ4v) is 2.00. The maximum atomic E-state index is 5.75. The first-order valence-corrected chi connectivity index (χ1v) is 5.87. The van der Waals surface area contributed by atoms with Gasteiger partial charge in [-0.15, -0.1) is 0 Å². The number of hydrogen-bond acceptors (Lipinski definition) is 1. The van der Waals surface area contributed by atoms with Gasteiger partial charge < -0.3 is 5.73 Å². The van der Waals surface area contributed by atoms with Crippen molar-refractivity contribution in [3.05, 3.63) is 34.3 Å². The molecule has 0 aliphatic heterocycles. The summed E-state index contributed by atoms with van der Waals surface area (Å²) >= 11 is 3.48. The summed E-state index contributed by atoms with van der Waals surface area (Å²) in [5.41, 5.74) is 7.11. The Bertz CT molecular complexity index is 283. The van der Waals surface area contributed by atoms with Crippen molar-refractivity contribution < 1.29 is 0 Å². The Hall–Kier alpha value is -0.340. The summed E-state index contributed by atoms with van der Waals surface area (Å²) in [6.07, 6.45) is 1.08. The van der Waals surface area contributed by atoms with Crippen molar-refractivity contribution in [2.24, 2.45) is 17.6 Å². The third kappa shape index (κ3) is 3.43. The van der Waals surface area contributed by atoms with Gasteiger partial charge >= 0.3 is 0 Å². The number of nitrogens with two attached hydrogens (primary N) is 1. The molecule has 0 radical (unpaired) electrons. The van der Waals surface area contributed by atoms with Crippen LogP contribution in [0.2, 0.25) is 0 Å². The molecule has 0 fully saturated rings. The van der Waals surface area contributed by atoms with Crippen LogP contribution in [-0.2, 0) is 6.42 Å². The Labute approximate surface area is 94.8 Å². The van der Waals surface area contributed by atoms with Crippen molar-refractivity contribution in [2.75, 3.05) is 6.54 Å². The molecule has 0 spiro atoms. The van der Waals surface area contributed by atoms with Crippen LogP contribution in [0.4, 0.5) is 0 Å². The monoisotopic (exact) mass is 255 g/mol. The second-order valence-corrected chi connectivity index (χ2v) is 4.99. The fraction of sp³-hybridized carbons (Fsp3) is 0.500. The number of rotatable bonds is 4. The molecule has 1 aromatic rings. The molecule has 0 aromatic heterocycles. The number of hydrogen-bond donors (Lipinski definition) is 1. The summed E-state index contributed by atoms with van der Waals surface area (Å²) in [5, 5.41) is 0. The summed E-state index contributed by atoms with van der Waals surface area (Å²) in [6.45, 7) is 5.23. The quantitative estimate of drug-likeness (QED) is 0.879. The first kappa shape index (κ1) is 11.7. The molecule has 1 atom stereocenters. The molecule has 0 amide bonds. The van der Waals surface area contributed by atoms with Gasteiger partial charge in [-0.05, 0) is 42.5 Å². The van der Waals surface area contributed by atoms with Gasteiger partial charge in [-0.25, -0.2) is 0 Å². The van der Waals surface area contributed by atoms with E-state index in [0.29, 0.717) is 11.8 Å². The summed E-state index contributed by atoms with van der Waals surface area (Å²) < 4.78 is 1.15. The van der Waals surface area contributed by atoms with E-state index in [1.165, 1.54) is 5.56 Å². The SMILES string of the molecule is CC(C)C(CN)Cc1cccc(Br)c1. The summed E-state index contributed by atoms with van der Waals surface area (Å²) in [7, 11) is 0. The van der Waals surface area contributed by atoms with Crippen molar-refractivity contribution >= 4 is 15.9 Å². The van der Waals surface area contributed by atoms with E-state index in [4.69, 9.17) is 5.73 Å². The predicted octanol–water partition coefficient (Wildman–Crippen LogP) is 3.22. The highest BCUT2D eigenvalue weighted by Crippen LogP contribution is 2.18. The van der Waals surface area contributed by atoms with Crippen LogP contribution in [0.3, 0.4) is 0 Å². The molecule has 2 N–H and O–H groups in total. The second-order valence-electron chi connectivity index (χ2n) is 4.07. The standard InChI is InChI=1S/C12H18BrN/c1-9(2)11(8-14)6-10-4-3-5-12(13)7-10/h3-5,7,9,11H,6,8,14H2,1-2H3. The van der Waals surface area contributed by atoms with Gasteiger partial charge in [-0.3, -0.25) is 0 Å². The molecule has 0 saturated carbocycles. The van der Waals surface area contributed by atoms with Crippen molar-refractivity contribution in [1.82, 2.24) is 0 Å². The fourth-order valence-electron chi connectivity index (χ4n) is 1.56. The summed E-state index contributed by atoms with van der Waals surface area (Å²) in [5.74, 6) is 1.24. The number of halogens is 1. The van der Waals surface area contributed by atoms with Gasteiger partial charge in [0.2, 0.25) is 0 Å². The van der Waals surface area contributed by atoms with Crippen LogP contribution in [0.25, 0.3) is 0 Å². The zero-order valence-corrected chi connectivity index (χ0v) is 10.4. The second kappa shape index (κ2) is 5.52. The molecule has 0 saturated heterocycles. The maximum Gasteiger partial charge on any atom is 0.0177 e. The van der Waals surface area contributed by atoms with Crippen molar-refractivity contribution in [2.45, 2.75) is 20.3 Å². The molecule has 0 heterocycles. The third-order valence-corrected chi connectivity index (χ3v) is 3.13. The Balaban J connectivity index is 2.67. The molecule has 0 aliphatic carbocycles. The third-order valence-electron chi connectivity index (χ3n) is 2.63. The van der Waals surface area contributed by atoms with Gasteiger partial charge in [0.25, 0.3) is 0 Å². The molecule has 78 valence electrons. The van der Waals surface area contributed by atoms with Gasteiger partial charge in [0, 0.05) is 4.47 Å². The molecule has 1 unspecified atom stereocenters. The van der Waals surface area contributed by atoms with Crippen LogP contribution >= 0.6 is 15.9 Å². The van der Waals surface area contributed by atoms with E-state index >= 15 is 0 Å². The molecule has 1 nitrogen and oxygen atoms in total. The topological polar surface area (TPSA) is 26.0 Å². The summed E-state index contributed by atoms with van der Waals surface area (Å²) in [6, 6.07) is 8.46. The molecular formula is C12H18BrN. The highest BCUT2D eigenvalue weighted by molar-refractivity contribution is 9.10. The lowest BCUT2D eigenvalue weighted by Crippen LogP contribution is -2.22. The molecule has 0 bridgehead atoms. The van der Waals surface area contributed by atoms with Crippen molar-refractivity contribution in [1.29, 1.82) is 0 Å². The van der Waals surface area contributed by atoms with Gasteiger partial charge in [0.05, 0.1) is 0 Å². The molecule has 14 heavy (non-hydrogen) atoms. The highest BCUT2D eigenvalue weighted by atomic mass is 79.9. The largest absolute Gasteiger partial charge is 0.330 e. The normalized spacial score (nSPS) is 13.2. The van der Waals surface area contributed by atoms with Crippen LogP contribution in [0.1, 0.15) is 19.4 Å². The lowest BCUT2D eigenvalue weighted by molar-refractivity contribution is 0.392. The Morgan fingerprint density at radius 2 is 2.07 bits per heavy atom. The zero-order valence-electron chi connectivity index (χ0n) is 8.83. The van der Waals surface area contributed by atoms with E-state index in [9.17, 15) is 0 Å². The van der Waals surface area contributed by atoms with Crippen LogP contribution in [-0.4, -0.2) is 6.54 Å². The lowest BCUT2D eigenvalue weighted by Gasteiger charge is -2.18. The minimum absolute atomic E-state index is 0.587. The Morgan fingerprint density at radius 1 is 1.36 bits per heavy atom. The van der Waals surface area contributed by atoms with Crippen molar-refractivity contribution in [3.8, 4) is 0 Å². The molecule has 1 aromatic carbocycles. The van der Waals surface area contributed by atoms with E-state index in [0.717, 1.165) is 17.4 Å². The van der Waals surface area contributed by atoms with E-state index in [1.807, 2.05) is 0 Å². The first-order chi connectivity index (χ1) is 6.63. The van der Waals surface area contributed by atoms with E-state index in [-0.39, 0.29) is 0 Å². The molecule has 2 heteroatoms. The Morgan fingerprint density at radius 3 is 2.57 bits per heavy atom. The average Bonchev–Trinajstić information content (AvgIpc) is 2.14. The Kier molecular flexibility index (Phi) is 4.63. The van der Waals surface area contributed by atoms with Gasteiger partial charge in [-0.2, -0.15) is 0 Å². The minimum Gasteiger partial charge on any atom is -0.330 e. The molecule has 1 rings (SSSR count). The molecular weight excluding hydrogens is 238 g/mol. The smallest absolute Gasteiger partial charge is 0.0177 e. The van der Waals surface area contributed by atoms with E-state index < -0.39 is 0 Å². The first-order valence-electron chi connectivity index (χ1n) is 5.08. The minimum atomic E-state index is 0.587. The average molecular weight is 256 g/mol. The van der Waals surface area contributed by atoms with Crippen LogP contribution in [0.5, 0.6) is 0 Å². The van der Waals surface area contributed by atoms with Crippen LogP contribution in [0, 0.1) is 11.8 Å². The summed E-state index contributed by atoms with van der Waals surface area (Å²) in [4.78, 5) is 0.